The van der Waals surface area contributed by atoms with Gasteiger partial charge in [-0.3, -0.25) is 14.4 Å². The first-order chi connectivity index (χ1) is 17.9. The van der Waals surface area contributed by atoms with Gasteiger partial charge in [-0.2, -0.15) is 0 Å². The molecule has 4 aromatic carbocycles. The predicted octanol–water partition coefficient (Wildman–Crippen LogP) is 6.94. The largest absolute Gasteiger partial charge is 0.325 e. The van der Waals surface area contributed by atoms with Gasteiger partial charge in [-0.1, -0.05) is 53.7 Å². The van der Waals surface area contributed by atoms with Crippen LogP contribution in [0.1, 0.15) is 26.3 Å². The maximum absolute atomic E-state index is 13.4. The highest BCUT2D eigenvalue weighted by molar-refractivity contribution is 8.01. The third-order valence-corrected chi connectivity index (χ3v) is 8.73. The van der Waals surface area contributed by atoms with Crippen molar-refractivity contribution in [3.8, 4) is 0 Å². The normalized spacial score (nSPS) is 13.0. The van der Waals surface area contributed by atoms with E-state index in [1.165, 1.54) is 28.0 Å². The molecule has 1 aliphatic rings. The number of carbonyl (C=O) groups is 3. The van der Waals surface area contributed by atoms with Gasteiger partial charge in [0.25, 0.3) is 11.8 Å². The maximum atomic E-state index is 13.4. The second-order valence-corrected chi connectivity index (χ2v) is 11.2. The number of imide groups is 1. The minimum absolute atomic E-state index is 0.165. The van der Waals surface area contributed by atoms with Gasteiger partial charge in [0.15, 0.2) is 4.34 Å². The van der Waals surface area contributed by atoms with Gasteiger partial charge in [0.2, 0.25) is 5.91 Å². The lowest BCUT2D eigenvalue weighted by atomic mass is 9.94. The summed E-state index contributed by atoms with van der Waals surface area (Å²) in [5.74, 6) is -0.675. The molecule has 6 rings (SSSR count). The van der Waals surface area contributed by atoms with Crippen molar-refractivity contribution in [2.75, 3.05) is 16.0 Å². The van der Waals surface area contributed by atoms with Crippen LogP contribution < -0.4 is 10.2 Å². The molecule has 37 heavy (non-hydrogen) atoms. The molecule has 0 spiro atoms. The Morgan fingerprint density at radius 1 is 1.00 bits per heavy atom. The van der Waals surface area contributed by atoms with Gasteiger partial charge in [-0.15, -0.1) is 11.3 Å². The molecule has 0 unspecified atom stereocenters. The Labute approximate surface area is 225 Å². The van der Waals surface area contributed by atoms with E-state index in [-0.39, 0.29) is 23.5 Å². The van der Waals surface area contributed by atoms with Crippen molar-refractivity contribution in [2.24, 2.45) is 0 Å². The van der Waals surface area contributed by atoms with Crippen LogP contribution in [0.2, 0.25) is 5.02 Å². The van der Waals surface area contributed by atoms with E-state index < -0.39 is 0 Å². The number of benzene rings is 4. The number of aromatic nitrogens is 1. The topological polar surface area (TPSA) is 79.4 Å². The number of rotatable bonds is 5. The van der Waals surface area contributed by atoms with Gasteiger partial charge in [0.1, 0.15) is 0 Å². The second-order valence-electron chi connectivity index (χ2n) is 8.59. The highest BCUT2D eigenvalue weighted by atomic mass is 35.5. The van der Waals surface area contributed by atoms with Gasteiger partial charge in [0.05, 0.1) is 21.7 Å². The van der Waals surface area contributed by atoms with Crippen LogP contribution in [0.5, 0.6) is 0 Å². The number of halogens is 1. The number of anilines is 2. The Bertz CT molecular complexity index is 1710. The summed E-state index contributed by atoms with van der Waals surface area (Å²) in [4.78, 5) is 45.0. The molecule has 6 nitrogen and oxygen atoms in total. The van der Waals surface area contributed by atoms with Gasteiger partial charge < -0.3 is 5.32 Å². The van der Waals surface area contributed by atoms with Crippen molar-refractivity contribution in [1.82, 2.24) is 4.98 Å². The Hall–Kier alpha value is -3.72. The van der Waals surface area contributed by atoms with Crippen LogP contribution >= 0.6 is 34.7 Å². The average molecular weight is 544 g/mol. The maximum Gasteiger partial charge on any atom is 0.265 e. The fraction of sp³-hybridized carbons (Fsp3) is 0.0714. The van der Waals surface area contributed by atoms with Crippen LogP contribution in [0.25, 0.3) is 21.0 Å². The third kappa shape index (κ3) is 4.27. The Morgan fingerprint density at radius 2 is 1.73 bits per heavy atom. The highest BCUT2D eigenvalue weighted by Gasteiger charge is 2.34. The fourth-order valence-corrected chi connectivity index (χ4v) is 6.44. The van der Waals surface area contributed by atoms with Crippen molar-refractivity contribution < 1.29 is 14.4 Å². The number of amides is 3. The molecule has 0 saturated carbocycles. The van der Waals surface area contributed by atoms with Crippen molar-refractivity contribution in [3.05, 3.63) is 94.5 Å². The third-order valence-electron chi connectivity index (χ3n) is 6.16. The molecule has 1 aliphatic heterocycles. The summed E-state index contributed by atoms with van der Waals surface area (Å²) < 4.78 is 1.54. The van der Waals surface area contributed by atoms with E-state index >= 15 is 0 Å². The number of thioether (sulfide) groups is 1. The zero-order chi connectivity index (χ0) is 25.7. The molecular formula is C28H18ClN3O3S2. The molecule has 0 saturated heterocycles. The molecule has 0 radical (unpaired) electrons. The number of thiazole rings is 1. The predicted molar refractivity (Wildman–Crippen MR) is 150 cm³/mol. The molecular weight excluding hydrogens is 526 g/mol. The SMILES string of the molecule is Cc1ccc(NC(=O)CSc2nc3ccc(N4C(=O)c5cccc6cccc(c56)C4=O)cc3s2)cc1Cl. The molecule has 182 valence electrons. The Kier molecular flexibility index (Phi) is 5.95. The molecule has 0 aliphatic carbocycles. The quantitative estimate of drug-likeness (QED) is 0.192. The fourth-order valence-electron chi connectivity index (χ4n) is 4.35. The number of hydrogen-bond donors (Lipinski definition) is 1. The van der Waals surface area contributed by atoms with Crippen molar-refractivity contribution in [1.29, 1.82) is 0 Å². The lowest BCUT2D eigenvalue weighted by Gasteiger charge is -2.27. The standard InChI is InChI=1S/C28H18ClN3O3S2/c1-15-8-9-17(12-21(15)29)30-24(33)14-36-28-31-22-11-10-18(13-23(22)37-28)32-26(34)19-6-2-4-16-5-3-7-20(25(16)19)27(32)35/h2-13H,14H2,1H3,(H,30,33). The van der Waals surface area contributed by atoms with E-state index in [0.717, 1.165) is 25.5 Å². The lowest BCUT2D eigenvalue weighted by molar-refractivity contribution is -0.113. The molecule has 5 aromatic rings. The molecule has 1 aromatic heterocycles. The van der Waals surface area contributed by atoms with E-state index in [4.69, 9.17) is 11.6 Å². The highest BCUT2D eigenvalue weighted by Crippen LogP contribution is 2.36. The van der Waals surface area contributed by atoms with Crippen molar-refractivity contribution in [2.45, 2.75) is 11.3 Å². The van der Waals surface area contributed by atoms with Gasteiger partial charge in [0, 0.05) is 27.2 Å². The summed E-state index contributed by atoms with van der Waals surface area (Å²) in [6.07, 6.45) is 0. The molecule has 3 amide bonds. The van der Waals surface area contributed by atoms with Crippen LogP contribution in [0, 0.1) is 6.92 Å². The van der Waals surface area contributed by atoms with Crippen molar-refractivity contribution in [3.63, 3.8) is 0 Å². The Morgan fingerprint density at radius 3 is 2.43 bits per heavy atom. The lowest BCUT2D eigenvalue weighted by Crippen LogP contribution is -2.40. The summed E-state index contributed by atoms with van der Waals surface area (Å²) in [5, 5.41) is 5.00. The number of hydrogen-bond acceptors (Lipinski definition) is 6. The zero-order valence-electron chi connectivity index (χ0n) is 19.4. The van der Waals surface area contributed by atoms with E-state index in [1.807, 2.05) is 43.3 Å². The van der Waals surface area contributed by atoms with E-state index in [2.05, 4.69) is 10.3 Å². The average Bonchev–Trinajstić information content (AvgIpc) is 3.31. The zero-order valence-corrected chi connectivity index (χ0v) is 21.8. The van der Waals surface area contributed by atoms with Crippen molar-refractivity contribution >= 4 is 84.8 Å². The van der Waals surface area contributed by atoms with Gasteiger partial charge in [-0.25, -0.2) is 9.88 Å². The summed E-state index contributed by atoms with van der Waals surface area (Å²) in [7, 11) is 0. The summed E-state index contributed by atoms with van der Waals surface area (Å²) in [5.41, 5.74) is 3.83. The van der Waals surface area contributed by atoms with Crippen LogP contribution in [0.4, 0.5) is 11.4 Å². The van der Waals surface area contributed by atoms with E-state index in [9.17, 15) is 14.4 Å². The second kappa shape index (κ2) is 9.30. The first-order valence-electron chi connectivity index (χ1n) is 11.4. The number of aryl methyl sites for hydroxylation is 1. The summed E-state index contributed by atoms with van der Waals surface area (Å²) in [6, 6.07) is 21.7. The first-order valence-corrected chi connectivity index (χ1v) is 13.6. The molecule has 0 fully saturated rings. The van der Waals surface area contributed by atoms with Crippen LogP contribution in [-0.4, -0.2) is 28.5 Å². The molecule has 1 N–H and O–H groups in total. The smallest absolute Gasteiger partial charge is 0.265 e. The molecule has 0 bridgehead atoms. The number of nitrogens with zero attached hydrogens (tertiary/aromatic N) is 2. The monoisotopic (exact) mass is 543 g/mol. The van der Waals surface area contributed by atoms with Crippen LogP contribution in [0.3, 0.4) is 0 Å². The van der Waals surface area contributed by atoms with E-state index in [0.29, 0.717) is 32.9 Å². The van der Waals surface area contributed by atoms with Gasteiger partial charge >= 0.3 is 0 Å². The summed E-state index contributed by atoms with van der Waals surface area (Å²) >= 11 is 8.87. The van der Waals surface area contributed by atoms with Crippen LogP contribution in [-0.2, 0) is 4.79 Å². The molecule has 0 atom stereocenters. The van der Waals surface area contributed by atoms with Crippen LogP contribution in [0.15, 0.2) is 77.1 Å². The van der Waals surface area contributed by atoms with Gasteiger partial charge in [-0.05, 0) is 60.3 Å². The summed E-state index contributed by atoms with van der Waals surface area (Å²) in [6.45, 7) is 1.90. The number of carbonyl (C=O) groups excluding carboxylic acids is 3. The Balaban J connectivity index is 1.22. The minimum Gasteiger partial charge on any atom is -0.325 e. The molecule has 2 heterocycles. The minimum atomic E-state index is -0.347. The first kappa shape index (κ1) is 23.7. The number of fused-ring (bicyclic) bond motifs is 1. The molecule has 9 heteroatoms. The van der Waals surface area contributed by atoms with E-state index in [1.54, 1.807) is 36.4 Å². The number of nitrogens with one attached hydrogen (secondary N) is 1.